The third-order valence-electron chi connectivity index (χ3n) is 2.92. The Morgan fingerprint density at radius 3 is 2.81 bits per heavy atom. The van der Waals surface area contributed by atoms with E-state index in [-0.39, 0.29) is 17.7 Å². The number of amides is 1. The lowest BCUT2D eigenvalue weighted by molar-refractivity contribution is 0.0784. The largest absolute Gasteiger partial charge is 0.452 e. The topological polar surface area (TPSA) is 53.7 Å². The van der Waals surface area contributed by atoms with Crippen LogP contribution in [0.15, 0.2) is 41.0 Å². The second kappa shape index (κ2) is 6.98. The highest BCUT2D eigenvalue weighted by atomic mass is 35.5. The van der Waals surface area contributed by atoms with Gasteiger partial charge in [-0.2, -0.15) is 0 Å². The monoisotopic (exact) mass is 303 g/mol. The van der Waals surface area contributed by atoms with Crippen LogP contribution in [-0.4, -0.2) is 29.6 Å². The smallest absolute Gasteiger partial charge is 0.258 e. The molecule has 4 nitrogen and oxygen atoms in total. The molecule has 2 rings (SSSR count). The first-order valence-corrected chi connectivity index (χ1v) is 6.67. The minimum Gasteiger partial charge on any atom is -0.452 e. The third kappa shape index (κ3) is 3.66. The number of furan rings is 1. The lowest BCUT2D eigenvalue weighted by Gasteiger charge is -2.17. The van der Waals surface area contributed by atoms with E-state index in [4.69, 9.17) is 21.1 Å². The first-order valence-electron chi connectivity index (χ1n) is 6.29. The van der Waals surface area contributed by atoms with Gasteiger partial charge in [-0.3, -0.25) is 4.79 Å². The molecule has 2 aromatic rings. The van der Waals surface area contributed by atoms with Crippen molar-refractivity contribution in [2.45, 2.75) is 6.54 Å². The molecule has 1 N–H and O–H groups in total. The van der Waals surface area contributed by atoms with Crippen LogP contribution in [0.25, 0.3) is 0 Å². The van der Waals surface area contributed by atoms with Gasteiger partial charge in [-0.25, -0.2) is 0 Å². The molecule has 0 saturated heterocycles. The lowest BCUT2D eigenvalue weighted by Crippen LogP contribution is -2.26. The normalized spacial score (nSPS) is 9.86. The Morgan fingerprint density at radius 2 is 2.14 bits per heavy atom. The van der Waals surface area contributed by atoms with Crippen molar-refractivity contribution in [3.8, 4) is 11.8 Å². The van der Waals surface area contributed by atoms with Gasteiger partial charge in [0.05, 0.1) is 11.8 Å². The van der Waals surface area contributed by atoms with Crippen molar-refractivity contribution in [1.82, 2.24) is 4.90 Å². The Kier molecular flexibility index (Phi) is 5.04. The van der Waals surface area contributed by atoms with Crippen LogP contribution in [0, 0.1) is 11.8 Å². The molecule has 0 atom stereocenters. The van der Waals surface area contributed by atoms with Crippen molar-refractivity contribution in [2.75, 3.05) is 13.7 Å². The van der Waals surface area contributed by atoms with Crippen LogP contribution in [0.1, 0.15) is 21.5 Å². The number of benzene rings is 1. The van der Waals surface area contributed by atoms with E-state index in [1.165, 1.54) is 11.2 Å². The fraction of sp³-hybridized carbons (Fsp3) is 0.188. The average molecular weight is 304 g/mol. The summed E-state index contributed by atoms with van der Waals surface area (Å²) in [6.07, 6.45) is 1.38. The van der Waals surface area contributed by atoms with E-state index in [1.807, 2.05) is 24.3 Å². The van der Waals surface area contributed by atoms with Gasteiger partial charge in [-0.15, -0.1) is 0 Å². The second-order valence-electron chi connectivity index (χ2n) is 4.39. The van der Waals surface area contributed by atoms with Gasteiger partial charge in [0.25, 0.3) is 5.91 Å². The van der Waals surface area contributed by atoms with Crippen molar-refractivity contribution in [3.05, 3.63) is 58.5 Å². The van der Waals surface area contributed by atoms with E-state index >= 15 is 0 Å². The number of carbonyl (C=O) groups excluding carboxylic acids is 1. The maximum Gasteiger partial charge on any atom is 0.258 e. The zero-order valence-corrected chi connectivity index (χ0v) is 12.2. The molecule has 0 fully saturated rings. The standard InChI is InChI=1S/C16H14ClNO3/c1-18(16(20)14-8-10-21-15(14)17)11-13-6-3-2-5-12(13)7-4-9-19/h2-3,5-6,8,10,19H,9,11H2,1H3. The molecule has 0 spiro atoms. The number of hydrogen-bond acceptors (Lipinski definition) is 3. The molecule has 0 radical (unpaired) electrons. The van der Waals surface area contributed by atoms with Gasteiger partial charge < -0.3 is 14.4 Å². The number of aliphatic hydroxyl groups is 1. The van der Waals surface area contributed by atoms with Crippen molar-refractivity contribution < 1.29 is 14.3 Å². The van der Waals surface area contributed by atoms with Crippen LogP contribution in [0.5, 0.6) is 0 Å². The summed E-state index contributed by atoms with van der Waals surface area (Å²) in [6.45, 7) is 0.185. The minimum atomic E-state index is -0.223. The van der Waals surface area contributed by atoms with Crippen molar-refractivity contribution in [3.63, 3.8) is 0 Å². The predicted octanol–water partition coefficient (Wildman–Crippen LogP) is 2.55. The van der Waals surface area contributed by atoms with Crippen LogP contribution in [0.4, 0.5) is 0 Å². The summed E-state index contributed by atoms with van der Waals surface area (Å²) in [7, 11) is 1.68. The van der Waals surface area contributed by atoms with Gasteiger partial charge in [0.1, 0.15) is 6.61 Å². The van der Waals surface area contributed by atoms with E-state index < -0.39 is 0 Å². The van der Waals surface area contributed by atoms with E-state index in [2.05, 4.69) is 11.8 Å². The highest BCUT2D eigenvalue weighted by Gasteiger charge is 2.18. The fourth-order valence-electron chi connectivity index (χ4n) is 1.89. The Morgan fingerprint density at radius 1 is 1.38 bits per heavy atom. The van der Waals surface area contributed by atoms with Crippen LogP contribution >= 0.6 is 11.6 Å². The maximum atomic E-state index is 12.3. The Labute approximate surface area is 127 Å². The molecule has 0 aliphatic rings. The lowest BCUT2D eigenvalue weighted by atomic mass is 10.1. The summed E-state index contributed by atoms with van der Waals surface area (Å²) < 4.78 is 4.93. The zero-order chi connectivity index (χ0) is 15.2. The number of rotatable bonds is 3. The molecule has 108 valence electrons. The summed E-state index contributed by atoms with van der Waals surface area (Å²) in [5, 5.41) is 8.86. The molecule has 0 bridgehead atoms. The summed E-state index contributed by atoms with van der Waals surface area (Å²) in [6, 6.07) is 9.02. The second-order valence-corrected chi connectivity index (χ2v) is 4.73. The molecule has 21 heavy (non-hydrogen) atoms. The Balaban J connectivity index is 2.18. The summed E-state index contributed by atoms with van der Waals surface area (Å²) in [5.41, 5.74) is 2.01. The number of halogens is 1. The molecule has 0 aliphatic carbocycles. The van der Waals surface area contributed by atoms with E-state index in [0.717, 1.165) is 11.1 Å². The number of hydrogen-bond donors (Lipinski definition) is 1. The quantitative estimate of drug-likeness (QED) is 0.887. The molecule has 1 amide bonds. The van der Waals surface area contributed by atoms with Gasteiger partial charge in [-0.1, -0.05) is 30.0 Å². The highest BCUT2D eigenvalue weighted by Crippen LogP contribution is 2.19. The zero-order valence-electron chi connectivity index (χ0n) is 11.5. The number of nitrogens with zero attached hydrogens (tertiary/aromatic N) is 1. The first-order chi connectivity index (χ1) is 10.1. The molecule has 5 heteroatoms. The predicted molar refractivity (Wildman–Crippen MR) is 79.9 cm³/mol. The van der Waals surface area contributed by atoms with Crippen LogP contribution in [0.3, 0.4) is 0 Å². The van der Waals surface area contributed by atoms with E-state index in [9.17, 15) is 4.79 Å². The molecule has 0 unspecified atom stereocenters. The number of aliphatic hydroxyl groups excluding tert-OH is 1. The average Bonchev–Trinajstić information content (AvgIpc) is 2.91. The highest BCUT2D eigenvalue weighted by molar-refractivity contribution is 6.32. The van der Waals surface area contributed by atoms with Crippen LogP contribution in [0.2, 0.25) is 5.22 Å². The molecule has 1 aromatic heterocycles. The minimum absolute atomic E-state index is 0.0835. The summed E-state index contributed by atoms with van der Waals surface area (Å²) in [4.78, 5) is 13.8. The van der Waals surface area contributed by atoms with Gasteiger partial charge in [0, 0.05) is 19.2 Å². The third-order valence-corrected chi connectivity index (χ3v) is 3.21. The van der Waals surface area contributed by atoms with Gasteiger partial charge in [0.15, 0.2) is 0 Å². The maximum absolute atomic E-state index is 12.3. The summed E-state index contributed by atoms with van der Waals surface area (Å²) in [5.74, 6) is 5.26. The fourth-order valence-corrected chi connectivity index (χ4v) is 2.09. The van der Waals surface area contributed by atoms with Gasteiger partial charge >= 0.3 is 0 Å². The van der Waals surface area contributed by atoms with Gasteiger partial charge in [-0.05, 0) is 29.3 Å². The van der Waals surface area contributed by atoms with Crippen LogP contribution in [-0.2, 0) is 6.54 Å². The molecule has 1 aromatic carbocycles. The van der Waals surface area contributed by atoms with Crippen molar-refractivity contribution in [1.29, 1.82) is 0 Å². The molecule has 0 aliphatic heterocycles. The first kappa shape index (κ1) is 15.2. The summed E-state index contributed by atoms with van der Waals surface area (Å²) >= 11 is 5.82. The molecular formula is C16H14ClNO3. The van der Waals surface area contributed by atoms with Gasteiger partial charge in [0.2, 0.25) is 5.22 Å². The molecule has 1 heterocycles. The number of carbonyl (C=O) groups is 1. The van der Waals surface area contributed by atoms with Crippen molar-refractivity contribution >= 4 is 17.5 Å². The van der Waals surface area contributed by atoms with E-state index in [0.29, 0.717) is 12.1 Å². The van der Waals surface area contributed by atoms with Crippen LogP contribution < -0.4 is 0 Å². The SMILES string of the molecule is CN(Cc1ccccc1C#CCO)C(=O)c1ccoc1Cl. The van der Waals surface area contributed by atoms with E-state index in [1.54, 1.807) is 13.1 Å². The Bertz CT molecular complexity index is 697. The Hall–Kier alpha value is -2.22. The molecule has 0 saturated carbocycles. The molecular weight excluding hydrogens is 290 g/mol. The van der Waals surface area contributed by atoms with Crippen molar-refractivity contribution in [2.24, 2.45) is 0 Å².